The van der Waals surface area contributed by atoms with Crippen LogP contribution in [0.3, 0.4) is 0 Å². The van der Waals surface area contributed by atoms with Crippen LogP contribution in [0.4, 0.5) is 10.5 Å². The number of nitrogens with zero attached hydrogens (tertiary/aromatic N) is 2. The van der Waals surface area contributed by atoms with Crippen molar-refractivity contribution in [2.75, 3.05) is 31.2 Å². The molecule has 0 saturated carbocycles. The first kappa shape index (κ1) is 22.9. The number of carbonyl (C=O) groups excluding carboxylic acids is 2. The lowest BCUT2D eigenvalue weighted by molar-refractivity contribution is -0.179. The molecule has 0 bridgehead atoms. The van der Waals surface area contributed by atoms with Gasteiger partial charge in [-0.25, -0.2) is 13.2 Å². The highest BCUT2D eigenvalue weighted by molar-refractivity contribution is 7.92. The summed E-state index contributed by atoms with van der Waals surface area (Å²) in [5.41, 5.74) is 1.96. The second kappa shape index (κ2) is 7.95. The van der Waals surface area contributed by atoms with E-state index in [1.165, 1.54) is 14.6 Å². The van der Waals surface area contributed by atoms with Gasteiger partial charge in [0.25, 0.3) is 5.91 Å². The number of piperidine rings is 1. The third-order valence-electron chi connectivity index (χ3n) is 6.44. The molecular formula is C22H29N3O6S. The number of sulfonamides is 1. The van der Waals surface area contributed by atoms with E-state index in [0.717, 1.165) is 16.7 Å². The van der Waals surface area contributed by atoms with E-state index >= 15 is 0 Å². The van der Waals surface area contributed by atoms with Gasteiger partial charge in [-0.1, -0.05) is 0 Å². The molecule has 32 heavy (non-hydrogen) atoms. The second-order valence-electron chi connectivity index (χ2n) is 9.00. The number of aryl methyl sites for hydroxylation is 2. The zero-order valence-electron chi connectivity index (χ0n) is 18.8. The first-order valence-electron chi connectivity index (χ1n) is 10.7. The Hall–Kier alpha value is -2.27. The number of nitrogens with one attached hydrogen (secondary N) is 1. The zero-order valence-corrected chi connectivity index (χ0v) is 19.6. The van der Waals surface area contributed by atoms with Gasteiger partial charge in [0.15, 0.2) is 5.79 Å². The fourth-order valence-electron chi connectivity index (χ4n) is 4.55. The summed E-state index contributed by atoms with van der Waals surface area (Å²) < 4.78 is 38.6. The quantitative estimate of drug-likeness (QED) is 0.687. The Labute approximate surface area is 188 Å². The minimum atomic E-state index is -3.60. The van der Waals surface area contributed by atoms with Gasteiger partial charge < -0.3 is 9.47 Å². The van der Waals surface area contributed by atoms with Gasteiger partial charge in [0, 0.05) is 37.0 Å². The SMILES string of the molecule is Cc1cc(N2C(=O)NC(=O)C2(C)C)cc(C)c1C=CS(=O)(=O)N1CCC2(CC1)OCCO2. The molecule has 0 aliphatic carbocycles. The lowest BCUT2D eigenvalue weighted by Crippen LogP contribution is -2.46. The summed E-state index contributed by atoms with van der Waals surface area (Å²) in [7, 11) is -3.60. The number of anilines is 1. The van der Waals surface area contributed by atoms with Gasteiger partial charge >= 0.3 is 6.03 Å². The molecule has 0 aromatic heterocycles. The number of carbonyl (C=O) groups is 2. The van der Waals surface area contributed by atoms with Crippen LogP contribution in [-0.2, 0) is 24.3 Å². The minimum absolute atomic E-state index is 0.344. The molecule has 0 atom stereocenters. The molecule has 1 spiro atoms. The molecule has 174 valence electrons. The summed E-state index contributed by atoms with van der Waals surface area (Å²) in [6, 6.07) is 3.11. The van der Waals surface area contributed by atoms with Crippen LogP contribution in [-0.4, -0.2) is 62.3 Å². The smallest absolute Gasteiger partial charge is 0.329 e. The van der Waals surface area contributed by atoms with Crippen LogP contribution in [0, 0.1) is 13.8 Å². The maximum Gasteiger partial charge on any atom is 0.329 e. The van der Waals surface area contributed by atoms with Crippen LogP contribution in [0.2, 0.25) is 0 Å². The van der Waals surface area contributed by atoms with Gasteiger partial charge in [-0.3, -0.25) is 15.0 Å². The normalized spacial score (nSPS) is 23.4. The van der Waals surface area contributed by atoms with E-state index in [1.54, 1.807) is 32.1 Å². The highest BCUT2D eigenvalue weighted by Crippen LogP contribution is 2.34. The summed E-state index contributed by atoms with van der Waals surface area (Å²) in [6.45, 7) is 8.85. The molecule has 0 unspecified atom stereocenters. The first-order chi connectivity index (χ1) is 15.0. The monoisotopic (exact) mass is 463 g/mol. The van der Waals surface area contributed by atoms with E-state index in [4.69, 9.17) is 9.47 Å². The van der Waals surface area contributed by atoms with Crippen molar-refractivity contribution in [1.29, 1.82) is 0 Å². The van der Waals surface area contributed by atoms with Crippen molar-refractivity contribution in [3.8, 4) is 0 Å². The van der Waals surface area contributed by atoms with Crippen molar-refractivity contribution in [2.24, 2.45) is 0 Å². The third kappa shape index (κ3) is 3.96. The van der Waals surface area contributed by atoms with E-state index in [-0.39, 0.29) is 5.91 Å². The number of imide groups is 1. The Morgan fingerprint density at radius 2 is 1.59 bits per heavy atom. The molecule has 3 amide bonds. The standard InChI is InChI=1S/C22H29N3O6S/c1-15-13-17(25-20(27)23-19(26)21(25,3)4)14-16(2)18(15)5-12-32(28,29)24-8-6-22(7-9-24)30-10-11-31-22/h5,12-14H,6-11H2,1-4H3,(H,23,26,27). The average molecular weight is 464 g/mol. The number of amides is 3. The van der Waals surface area contributed by atoms with E-state index in [1.807, 2.05) is 13.8 Å². The molecule has 3 aliphatic rings. The highest BCUT2D eigenvalue weighted by atomic mass is 32.2. The lowest BCUT2D eigenvalue weighted by atomic mass is 9.98. The molecule has 4 rings (SSSR count). The van der Waals surface area contributed by atoms with Gasteiger partial charge in [0.2, 0.25) is 10.0 Å². The average Bonchev–Trinajstić information content (AvgIpc) is 3.22. The largest absolute Gasteiger partial charge is 0.347 e. The Morgan fingerprint density at radius 3 is 2.09 bits per heavy atom. The van der Waals surface area contributed by atoms with Crippen LogP contribution in [0.5, 0.6) is 0 Å². The molecule has 9 nitrogen and oxygen atoms in total. The predicted molar refractivity (Wildman–Crippen MR) is 119 cm³/mol. The molecule has 0 radical (unpaired) electrons. The van der Waals surface area contributed by atoms with Crippen molar-refractivity contribution < 1.29 is 27.5 Å². The fourth-order valence-corrected chi connectivity index (χ4v) is 5.72. The molecule has 3 fully saturated rings. The predicted octanol–water partition coefficient (Wildman–Crippen LogP) is 2.28. The molecule has 3 aliphatic heterocycles. The summed E-state index contributed by atoms with van der Waals surface area (Å²) in [5.74, 6) is -0.986. The maximum absolute atomic E-state index is 12.9. The summed E-state index contributed by atoms with van der Waals surface area (Å²) in [5, 5.41) is 3.57. The minimum Gasteiger partial charge on any atom is -0.347 e. The number of urea groups is 1. The van der Waals surface area contributed by atoms with Crippen molar-refractivity contribution in [1.82, 2.24) is 9.62 Å². The van der Waals surface area contributed by atoms with Gasteiger partial charge in [0.05, 0.1) is 13.2 Å². The van der Waals surface area contributed by atoms with E-state index in [9.17, 15) is 18.0 Å². The van der Waals surface area contributed by atoms with Crippen LogP contribution in [0.25, 0.3) is 6.08 Å². The molecular weight excluding hydrogens is 434 g/mol. The molecule has 3 saturated heterocycles. The van der Waals surface area contributed by atoms with Gasteiger partial charge in [-0.05, 0) is 62.6 Å². The van der Waals surface area contributed by atoms with Crippen LogP contribution in [0.1, 0.15) is 43.4 Å². The summed E-state index contributed by atoms with van der Waals surface area (Å²) in [4.78, 5) is 25.8. The highest BCUT2D eigenvalue weighted by Gasteiger charge is 2.46. The molecule has 1 aromatic carbocycles. The van der Waals surface area contributed by atoms with Gasteiger partial charge in [-0.2, -0.15) is 4.31 Å². The van der Waals surface area contributed by atoms with Crippen LogP contribution >= 0.6 is 0 Å². The number of benzene rings is 1. The first-order valence-corrected chi connectivity index (χ1v) is 12.2. The summed E-state index contributed by atoms with van der Waals surface area (Å²) >= 11 is 0. The Kier molecular flexibility index (Phi) is 5.69. The van der Waals surface area contributed by atoms with Crippen LogP contribution < -0.4 is 10.2 Å². The van der Waals surface area contributed by atoms with Crippen molar-refractivity contribution in [3.05, 3.63) is 34.2 Å². The lowest BCUT2D eigenvalue weighted by Gasteiger charge is -2.36. The number of ether oxygens (including phenoxy) is 2. The van der Waals surface area contributed by atoms with Crippen molar-refractivity contribution in [3.63, 3.8) is 0 Å². The summed E-state index contributed by atoms with van der Waals surface area (Å²) in [6.07, 6.45) is 2.62. The topological polar surface area (TPSA) is 105 Å². The Bertz CT molecular complexity index is 1060. The molecule has 10 heteroatoms. The van der Waals surface area contributed by atoms with Crippen molar-refractivity contribution in [2.45, 2.75) is 51.9 Å². The number of hydrogen-bond donors (Lipinski definition) is 1. The van der Waals surface area contributed by atoms with E-state index in [2.05, 4.69) is 5.32 Å². The zero-order chi connectivity index (χ0) is 23.3. The van der Waals surface area contributed by atoms with Crippen LogP contribution in [0.15, 0.2) is 17.5 Å². The molecule has 1 aromatic rings. The second-order valence-corrected chi connectivity index (χ2v) is 10.8. The van der Waals surface area contributed by atoms with Gasteiger partial charge in [0.1, 0.15) is 5.54 Å². The van der Waals surface area contributed by atoms with E-state index in [0.29, 0.717) is 44.8 Å². The van der Waals surface area contributed by atoms with Crippen molar-refractivity contribution >= 4 is 33.7 Å². The number of rotatable bonds is 4. The van der Waals surface area contributed by atoms with E-state index < -0.39 is 27.4 Å². The molecule has 3 heterocycles. The van der Waals surface area contributed by atoms with Gasteiger partial charge in [-0.15, -0.1) is 0 Å². The maximum atomic E-state index is 12.9. The third-order valence-corrected chi connectivity index (χ3v) is 8.00. The Morgan fingerprint density at radius 1 is 1.03 bits per heavy atom. The fraction of sp³-hybridized carbons (Fsp3) is 0.545. The Balaban J connectivity index is 1.53. The molecule has 1 N–H and O–H groups in total. The number of hydrogen-bond acceptors (Lipinski definition) is 6.